The van der Waals surface area contributed by atoms with Crippen molar-refractivity contribution in [3.05, 3.63) is 66.0 Å². The third-order valence-electron chi connectivity index (χ3n) is 3.71. The van der Waals surface area contributed by atoms with Gasteiger partial charge in [0.15, 0.2) is 5.96 Å². The number of pyridine rings is 1. The molecule has 1 heterocycles. The van der Waals surface area contributed by atoms with E-state index in [-0.39, 0.29) is 36.5 Å². The summed E-state index contributed by atoms with van der Waals surface area (Å²) < 4.78 is 0. The van der Waals surface area contributed by atoms with Crippen LogP contribution in [0.5, 0.6) is 0 Å². The highest BCUT2D eigenvalue weighted by atomic mass is 127. The smallest absolute Gasteiger partial charge is 0.191 e. The first kappa shape index (κ1) is 21.4. The largest absolute Gasteiger partial charge is 0.396 e. The number of halogens is 1. The first-order valence-corrected chi connectivity index (χ1v) is 8.41. The molecule has 1 aromatic carbocycles. The summed E-state index contributed by atoms with van der Waals surface area (Å²) in [4.78, 5) is 8.92. The average molecular weight is 454 g/mol. The van der Waals surface area contributed by atoms with Crippen LogP contribution in [0.15, 0.2) is 59.7 Å². The minimum atomic E-state index is 0. The number of aromatic nitrogens is 1. The van der Waals surface area contributed by atoms with E-state index < -0.39 is 0 Å². The number of hydrogen-bond acceptors (Lipinski definition) is 3. The number of hydrogen-bond donors (Lipinski definition) is 3. The number of nitrogens with one attached hydrogen (secondary N) is 2. The van der Waals surface area contributed by atoms with Gasteiger partial charge in [0.05, 0.1) is 13.2 Å². The van der Waals surface area contributed by atoms with Gasteiger partial charge in [-0.05, 0) is 24.6 Å². The Morgan fingerprint density at radius 2 is 1.88 bits per heavy atom. The Kier molecular flexibility index (Phi) is 10.8. The van der Waals surface area contributed by atoms with Crippen molar-refractivity contribution in [3.8, 4) is 0 Å². The Morgan fingerprint density at radius 3 is 2.52 bits per heavy atom. The number of aliphatic hydroxyl groups is 1. The standard InChI is InChI=1S/C19H26N4O.HI/c1-2-20-19(22-13-11-18-10-6-7-12-21-18)23-14-17(15-24)16-8-4-3-5-9-16;/h3-10,12,17,24H,2,11,13-15H2,1H3,(H2,20,22,23);1H. The molecule has 0 aliphatic carbocycles. The maximum absolute atomic E-state index is 9.63. The zero-order valence-electron chi connectivity index (χ0n) is 14.6. The van der Waals surface area contributed by atoms with E-state index in [4.69, 9.17) is 0 Å². The maximum atomic E-state index is 9.63. The van der Waals surface area contributed by atoms with E-state index in [1.165, 1.54) is 0 Å². The molecule has 136 valence electrons. The zero-order chi connectivity index (χ0) is 17.0. The van der Waals surface area contributed by atoms with Crippen molar-refractivity contribution in [2.75, 3.05) is 26.2 Å². The van der Waals surface area contributed by atoms with Crippen molar-refractivity contribution in [2.24, 2.45) is 4.99 Å². The molecule has 25 heavy (non-hydrogen) atoms. The van der Waals surface area contributed by atoms with Crippen molar-refractivity contribution >= 4 is 29.9 Å². The monoisotopic (exact) mass is 454 g/mol. The quantitative estimate of drug-likeness (QED) is 0.326. The van der Waals surface area contributed by atoms with E-state index in [0.717, 1.165) is 36.7 Å². The van der Waals surface area contributed by atoms with Crippen LogP contribution in [-0.2, 0) is 6.42 Å². The van der Waals surface area contributed by atoms with Gasteiger partial charge in [-0.25, -0.2) is 0 Å². The second kappa shape index (κ2) is 12.7. The topological polar surface area (TPSA) is 69.5 Å². The zero-order valence-corrected chi connectivity index (χ0v) is 16.9. The molecule has 5 nitrogen and oxygen atoms in total. The molecule has 0 fully saturated rings. The van der Waals surface area contributed by atoms with Crippen LogP contribution in [0.25, 0.3) is 0 Å². The molecule has 0 spiro atoms. The van der Waals surface area contributed by atoms with Gasteiger partial charge < -0.3 is 15.7 Å². The summed E-state index contributed by atoms with van der Waals surface area (Å²) in [6.07, 6.45) is 2.65. The number of benzene rings is 1. The van der Waals surface area contributed by atoms with E-state index in [1.54, 1.807) is 6.20 Å². The second-order valence-electron chi connectivity index (χ2n) is 5.51. The van der Waals surface area contributed by atoms with Crippen molar-refractivity contribution in [2.45, 2.75) is 19.3 Å². The lowest BCUT2D eigenvalue weighted by Crippen LogP contribution is -2.38. The van der Waals surface area contributed by atoms with Gasteiger partial charge in [0.1, 0.15) is 0 Å². The number of rotatable bonds is 8. The SMILES string of the molecule is CCNC(=NCC(CO)c1ccccc1)NCCc1ccccn1.I. The molecule has 2 aromatic rings. The van der Waals surface area contributed by atoms with Crippen LogP contribution in [0.3, 0.4) is 0 Å². The molecule has 3 N–H and O–H groups in total. The molecule has 0 amide bonds. The minimum absolute atomic E-state index is 0. The fourth-order valence-electron chi connectivity index (χ4n) is 2.39. The summed E-state index contributed by atoms with van der Waals surface area (Å²) in [5.74, 6) is 0.778. The predicted octanol–water partition coefficient (Wildman–Crippen LogP) is 2.57. The third-order valence-corrected chi connectivity index (χ3v) is 3.71. The minimum Gasteiger partial charge on any atom is -0.396 e. The first-order valence-electron chi connectivity index (χ1n) is 8.41. The molecule has 1 atom stereocenters. The first-order chi connectivity index (χ1) is 11.8. The summed E-state index contributed by atoms with van der Waals surface area (Å²) >= 11 is 0. The van der Waals surface area contributed by atoms with Gasteiger partial charge in [-0.2, -0.15) is 0 Å². The van der Waals surface area contributed by atoms with Gasteiger partial charge in [-0.1, -0.05) is 36.4 Å². The molecular weight excluding hydrogens is 427 g/mol. The van der Waals surface area contributed by atoms with E-state index in [9.17, 15) is 5.11 Å². The Morgan fingerprint density at radius 1 is 1.12 bits per heavy atom. The number of nitrogens with zero attached hydrogens (tertiary/aromatic N) is 2. The van der Waals surface area contributed by atoms with Crippen LogP contribution < -0.4 is 10.6 Å². The Labute approximate surface area is 167 Å². The van der Waals surface area contributed by atoms with E-state index in [0.29, 0.717) is 6.54 Å². The van der Waals surface area contributed by atoms with Crippen molar-refractivity contribution < 1.29 is 5.11 Å². The molecule has 1 aromatic heterocycles. The molecule has 2 rings (SSSR count). The number of aliphatic hydroxyl groups excluding tert-OH is 1. The molecule has 0 aliphatic heterocycles. The van der Waals surface area contributed by atoms with Crippen LogP contribution in [0.1, 0.15) is 24.1 Å². The molecule has 0 bridgehead atoms. The van der Waals surface area contributed by atoms with Gasteiger partial charge in [-0.3, -0.25) is 9.98 Å². The number of guanidine groups is 1. The Balaban J connectivity index is 0.00000312. The van der Waals surface area contributed by atoms with Crippen LogP contribution in [0.2, 0.25) is 0 Å². The molecule has 6 heteroatoms. The molecule has 0 aliphatic rings. The predicted molar refractivity (Wildman–Crippen MR) is 114 cm³/mol. The van der Waals surface area contributed by atoms with Crippen molar-refractivity contribution in [1.29, 1.82) is 0 Å². The average Bonchev–Trinajstić information content (AvgIpc) is 2.64. The van der Waals surface area contributed by atoms with Gasteiger partial charge in [0.2, 0.25) is 0 Å². The second-order valence-corrected chi connectivity index (χ2v) is 5.51. The third kappa shape index (κ3) is 7.83. The lowest BCUT2D eigenvalue weighted by Gasteiger charge is -2.15. The lowest BCUT2D eigenvalue weighted by molar-refractivity contribution is 0.268. The molecule has 0 radical (unpaired) electrons. The van der Waals surface area contributed by atoms with E-state index >= 15 is 0 Å². The summed E-state index contributed by atoms with van der Waals surface area (Å²) in [5.41, 5.74) is 2.16. The summed E-state index contributed by atoms with van der Waals surface area (Å²) in [6, 6.07) is 15.9. The normalized spacial score (nSPS) is 12.2. The van der Waals surface area contributed by atoms with Crippen LogP contribution in [-0.4, -0.2) is 42.3 Å². The van der Waals surface area contributed by atoms with Gasteiger partial charge in [0.25, 0.3) is 0 Å². The highest BCUT2D eigenvalue weighted by molar-refractivity contribution is 14.0. The molecule has 0 saturated carbocycles. The van der Waals surface area contributed by atoms with Crippen molar-refractivity contribution in [1.82, 2.24) is 15.6 Å². The molecular formula is C19H27IN4O. The lowest BCUT2D eigenvalue weighted by atomic mass is 10.0. The van der Waals surface area contributed by atoms with E-state index in [1.807, 2.05) is 55.5 Å². The summed E-state index contributed by atoms with van der Waals surface area (Å²) in [6.45, 7) is 4.22. The van der Waals surface area contributed by atoms with Crippen LogP contribution in [0.4, 0.5) is 0 Å². The summed E-state index contributed by atoms with van der Waals surface area (Å²) in [5, 5.41) is 16.2. The highest BCUT2D eigenvalue weighted by Crippen LogP contribution is 2.14. The Bertz CT molecular complexity index is 607. The van der Waals surface area contributed by atoms with Crippen molar-refractivity contribution in [3.63, 3.8) is 0 Å². The van der Waals surface area contributed by atoms with Gasteiger partial charge in [0, 0.05) is 37.3 Å². The van der Waals surface area contributed by atoms with Crippen LogP contribution in [0, 0.1) is 0 Å². The highest BCUT2D eigenvalue weighted by Gasteiger charge is 2.09. The Hall–Kier alpha value is -1.67. The molecule has 1 unspecified atom stereocenters. The number of aliphatic imine (C=N–C) groups is 1. The fraction of sp³-hybridized carbons (Fsp3) is 0.368. The molecule has 0 saturated heterocycles. The fourth-order valence-corrected chi connectivity index (χ4v) is 2.39. The van der Waals surface area contributed by atoms with Gasteiger partial charge in [-0.15, -0.1) is 24.0 Å². The summed E-state index contributed by atoms with van der Waals surface area (Å²) in [7, 11) is 0. The van der Waals surface area contributed by atoms with Gasteiger partial charge >= 0.3 is 0 Å². The van der Waals surface area contributed by atoms with E-state index in [2.05, 4.69) is 20.6 Å². The maximum Gasteiger partial charge on any atom is 0.191 e. The van der Waals surface area contributed by atoms with Crippen LogP contribution >= 0.6 is 24.0 Å².